The van der Waals surface area contributed by atoms with Crippen LogP contribution in [-0.2, 0) is 6.42 Å². The SMILES string of the molecule is COc1ccc2c(c1)C1=C(CCC(N)C1)c1ccccc1C2. The summed E-state index contributed by atoms with van der Waals surface area (Å²) in [6.07, 6.45) is 4.10. The Labute approximate surface area is 131 Å². The maximum Gasteiger partial charge on any atom is 0.119 e. The summed E-state index contributed by atoms with van der Waals surface area (Å²) < 4.78 is 5.45. The van der Waals surface area contributed by atoms with Crippen LogP contribution in [0.4, 0.5) is 0 Å². The van der Waals surface area contributed by atoms with Gasteiger partial charge >= 0.3 is 0 Å². The monoisotopic (exact) mass is 291 g/mol. The van der Waals surface area contributed by atoms with E-state index in [-0.39, 0.29) is 6.04 Å². The van der Waals surface area contributed by atoms with Gasteiger partial charge in [-0.1, -0.05) is 30.3 Å². The van der Waals surface area contributed by atoms with Gasteiger partial charge in [-0.25, -0.2) is 0 Å². The molecule has 0 radical (unpaired) electrons. The minimum Gasteiger partial charge on any atom is -0.497 e. The van der Waals surface area contributed by atoms with Crippen molar-refractivity contribution in [2.24, 2.45) is 5.73 Å². The molecule has 2 N–H and O–H groups in total. The molecule has 1 atom stereocenters. The van der Waals surface area contributed by atoms with Crippen LogP contribution in [0.3, 0.4) is 0 Å². The number of rotatable bonds is 1. The molecule has 2 heteroatoms. The van der Waals surface area contributed by atoms with E-state index in [1.807, 2.05) is 0 Å². The van der Waals surface area contributed by atoms with Crippen LogP contribution in [0.25, 0.3) is 11.1 Å². The maximum atomic E-state index is 6.27. The summed E-state index contributed by atoms with van der Waals surface area (Å²) in [7, 11) is 1.73. The van der Waals surface area contributed by atoms with Crippen LogP contribution in [0.15, 0.2) is 42.5 Å². The second-order valence-electron chi connectivity index (χ2n) is 6.32. The molecule has 1 unspecified atom stereocenters. The normalized spacial score (nSPS) is 19.8. The highest BCUT2D eigenvalue weighted by atomic mass is 16.5. The topological polar surface area (TPSA) is 35.2 Å². The van der Waals surface area contributed by atoms with E-state index in [9.17, 15) is 0 Å². The number of allylic oxidation sites excluding steroid dienone is 1. The standard InChI is InChI=1S/C20H21NO/c1-22-16-8-6-14-10-13-4-2-3-5-17(13)18-9-7-15(21)11-20(18)19(14)12-16/h2-6,8,12,15H,7,9-11,21H2,1H3. The smallest absolute Gasteiger partial charge is 0.119 e. The Balaban J connectivity index is 1.99. The third-order valence-corrected chi connectivity index (χ3v) is 4.96. The molecule has 2 aromatic rings. The van der Waals surface area contributed by atoms with Crippen LogP contribution in [-0.4, -0.2) is 13.2 Å². The molecule has 0 saturated heterocycles. The van der Waals surface area contributed by atoms with Crippen LogP contribution in [0.2, 0.25) is 0 Å². The third kappa shape index (κ3) is 2.15. The minimum absolute atomic E-state index is 0.267. The lowest BCUT2D eigenvalue weighted by atomic mass is 9.82. The summed E-state index contributed by atoms with van der Waals surface area (Å²) >= 11 is 0. The van der Waals surface area contributed by atoms with Gasteiger partial charge in [0.25, 0.3) is 0 Å². The lowest BCUT2D eigenvalue weighted by molar-refractivity contribution is 0.414. The zero-order valence-electron chi connectivity index (χ0n) is 12.9. The van der Waals surface area contributed by atoms with Crippen molar-refractivity contribution in [3.63, 3.8) is 0 Å². The van der Waals surface area contributed by atoms with Crippen LogP contribution in [0.5, 0.6) is 5.75 Å². The van der Waals surface area contributed by atoms with E-state index < -0.39 is 0 Å². The van der Waals surface area contributed by atoms with Gasteiger partial charge in [0.1, 0.15) is 5.75 Å². The molecule has 0 bridgehead atoms. The number of nitrogens with two attached hydrogens (primary N) is 1. The first-order chi connectivity index (χ1) is 10.8. The zero-order chi connectivity index (χ0) is 15.1. The van der Waals surface area contributed by atoms with Crippen molar-refractivity contribution in [2.75, 3.05) is 7.11 Å². The van der Waals surface area contributed by atoms with Crippen LogP contribution in [0.1, 0.15) is 41.5 Å². The predicted molar refractivity (Wildman–Crippen MR) is 90.9 cm³/mol. The molecule has 2 aliphatic carbocycles. The van der Waals surface area contributed by atoms with Gasteiger partial charge in [-0.05, 0) is 71.2 Å². The first kappa shape index (κ1) is 13.6. The van der Waals surface area contributed by atoms with E-state index in [0.717, 1.165) is 31.4 Å². The van der Waals surface area contributed by atoms with Crippen LogP contribution in [0, 0.1) is 0 Å². The Morgan fingerprint density at radius 3 is 2.68 bits per heavy atom. The average Bonchev–Trinajstić information content (AvgIpc) is 2.68. The second kappa shape index (κ2) is 5.29. The fourth-order valence-corrected chi connectivity index (χ4v) is 3.83. The van der Waals surface area contributed by atoms with Crippen molar-refractivity contribution in [1.82, 2.24) is 0 Å². The Morgan fingerprint density at radius 1 is 1.00 bits per heavy atom. The van der Waals surface area contributed by atoms with Crippen molar-refractivity contribution >= 4 is 11.1 Å². The molecule has 112 valence electrons. The molecule has 0 aliphatic heterocycles. The summed E-state index contributed by atoms with van der Waals surface area (Å²) in [5.74, 6) is 0.927. The molecular weight excluding hydrogens is 270 g/mol. The fraction of sp³-hybridized carbons (Fsp3) is 0.300. The average molecular weight is 291 g/mol. The number of benzene rings is 2. The minimum atomic E-state index is 0.267. The molecule has 0 amide bonds. The lowest BCUT2D eigenvalue weighted by Crippen LogP contribution is -2.23. The van der Waals surface area contributed by atoms with Gasteiger partial charge < -0.3 is 10.5 Å². The van der Waals surface area contributed by atoms with Gasteiger partial charge in [0, 0.05) is 6.04 Å². The van der Waals surface area contributed by atoms with E-state index in [1.165, 1.54) is 33.4 Å². The van der Waals surface area contributed by atoms with Crippen LogP contribution < -0.4 is 10.5 Å². The van der Waals surface area contributed by atoms with Crippen molar-refractivity contribution in [2.45, 2.75) is 31.7 Å². The Hall–Kier alpha value is -2.06. The largest absolute Gasteiger partial charge is 0.497 e. The summed E-state index contributed by atoms with van der Waals surface area (Å²) in [4.78, 5) is 0. The maximum absolute atomic E-state index is 6.27. The molecule has 4 rings (SSSR count). The molecule has 0 aromatic heterocycles. The Bertz CT molecular complexity index is 760. The first-order valence-corrected chi connectivity index (χ1v) is 7.99. The van der Waals surface area contributed by atoms with Gasteiger partial charge in [0.2, 0.25) is 0 Å². The highest BCUT2D eigenvalue weighted by Gasteiger charge is 2.26. The predicted octanol–water partition coefficient (Wildman–Crippen LogP) is 4.02. The zero-order valence-corrected chi connectivity index (χ0v) is 12.9. The Kier molecular flexibility index (Phi) is 3.27. The fourth-order valence-electron chi connectivity index (χ4n) is 3.83. The molecule has 2 aromatic carbocycles. The number of hydrogen-bond acceptors (Lipinski definition) is 2. The molecule has 2 aliphatic rings. The number of ether oxygens (including phenoxy) is 1. The quantitative estimate of drug-likeness (QED) is 0.861. The highest BCUT2D eigenvalue weighted by Crippen LogP contribution is 2.43. The molecular formula is C20H21NO. The van der Waals surface area contributed by atoms with E-state index in [4.69, 9.17) is 10.5 Å². The number of methoxy groups -OCH3 is 1. The van der Waals surface area contributed by atoms with E-state index >= 15 is 0 Å². The summed E-state index contributed by atoms with van der Waals surface area (Å²) in [6.45, 7) is 0. The number of hydrogen-bond donors (Lipinski definition) is 1. The van der Waals surface area contributed by atoms with E-state index in [0.29, 0.717) is 0 Å². The van der Waals surface area contributed by atoms with Gasteiger partial charge in [-0.15, -0.1) is 0 Å². The summed E-state index contributed by atoms with van der Waals surface area (Å²) in [6, 6.07) is 15.5. The van der Waals surface area contributed by atoms with E-state index in [2.05, 4.69) is 42.5 Å². The van der Waals surface area contributed by atoms with Crippen molar-refractivity contribution in [3.8, 4) is 5.75 Å². The lowest BCUT2D eigenvalue weighted by Gasteiger charge is -2.25. The summed E-state index contributed by atoms with van der Waals surface area (Å²) in [5, 5.41) is 0. The van der Waals surface area contributed by atoms with Gasteiger partial charge in [0.05, 0.1) is 7.11 Å². The van der Waals surface area contributed by atoms with Gasteiger partial charge in [-0.2, -0.15) is 0 Å². The molecule has 0 fully saturated rings. The molecule has 22 heavy (non-hydrogen) atoms. The first-order valence-electron chi connectivity index (χ1n) is 7.99. The molecule has 0 heterocycles. The molecule has 0 saturated carbocycles. The highest BCUT2D eigenvalue weighted by molar-refractivity contribution is 5.95. The van der Waals surface area contributed by atoms with Gasteiger partial charge in [-0.3, -0.25) is 0 Å². The number of fused-ring (bicyclic) bond motifs is 4. The van der Waals surface area contributed by atoms with Crippen molar-refractivity contribution in [1.29, 1.82) is 0 Å². The van der Waals surface area contributed by atoms with Crippen LogP contribution >= 0.6 is 0 Å². The second-order valence-corrected chi connectivity index (χ2v) is 6.32. The third-order valence-electron chi connectivity index (χ3n) is 4.96. The summed E-state index contributed by atoms with van der Waals surface area (Å²) in [5.41, 5.74) is 14.8. The van der Waals surface area contributed by atoms with Crippen molar-refractivity contribution < 1.29 is 4.74 Å². The molecule has 2 nitrogen and oxygen atoms in total. The van der Waals surface area contributed by atoms with E-state index in [1.54, 1.807) is 7.11 Å². The van der Waals surface area contributed by atoms with Crippen molar-refractivity contribution in [3.05, 3.63) is 64.7 Å². The van der Waals surface area contributed by atoms with Gasteiger partial charge in [0.15, 0.2) is 0 Å². The Morgan fingerprint density at radius 2 is 1.82 bits per heavy atom. The molecule has 0 spiro atoms.